The summed E-state index contributed by atoms with van der Waals surface area (Å²) >= 11 is 0. The SMILES string of the molecule is CCCc1nc2c(c(=O)[nH]1)CN(Cc1ccc3ccccc3n1)CC2. The van der Waals surface area contributed by atoms with Gasteiger partial charge >= 0.3 is 0 Å². The highest BCUT2D eigenvalue weighted by atomic mass is 16.1. The van der Waals surface area contributed by atoms with Crippen LogP contribution in [0.4, 0.5) is 0 Å². The summed E-state index contributed by atoms with van der Waals surface area (Å²) in [6, 6.07) is 12.3. The zero-order valence-corrected chi connectivity index (χ0v) is 14.5. The lowest BCUT2D eigenvalue weighted by molar-refractivity contribution is 0.239. The number of rotatable bonds is 4. The molecule has 2 aromatic heterocycles. The molecule has 4 rings (SSSR count). The van der Waals surface area contributed by atoms with Crippen molar-refractivity contribution in [3.8, 4) is 0 Å². The Morgan fingerprint density at radius 1 is 1.16 bits per heavy atom. The molecule has 3 heterocycles. The molecule has 0 bridgehead atoms. The Kier molecular flexibility index (Phi) is 4.32. The molecule has 0 atom stereocenters. The number of para-hydroxylation sites is 1. The highest BCUT2D eigenvalue weighted by Gasteiger charge is 2.21. The van der Waals surface area contributed by atoms with Crippen LogP contribution in [-0.4, -0.2) is 26.4 Å². The molecule has 1 N–H and O–H groups in total. The third-order valence-corrected chi connectivity index (χ3v) is 4.73. The lowest BCUT2D eigenvalue weighted by Gasteiger charge is -2.27. The minimum Gasteiger partial charge on any atom is -0.310 e. The van der Waals surface area contributed by atoms with Gasteiger partial charge in [-0.2, -0.15) is 0 Å². The number of aromatic amines is 1. The molecule has 5 heteroatoms. The summed E-state index contributed by atoms with van der Waals surface area (Å²) in [5, 5.41) is 1.15. The lowest BCUT2D eigenvalue weighted by Crippen LogP contribution is -2.36. The number of hydrogen-bond donors (Lipinski definition) is 1. The van der Waals surface area contributed by atoms with Crippen molar-refractivity contribution < 1.29 is 0 Å². The fourth-order valence-electron chi connectivity index (χ4n) is 3.45. The van der Waals surface area contributed by atoms with Gasteiger partial charge in [0.15, 0.2) is 0 Å². The summed E-state index contributed by atoms with van der Waals surface area (Å²) in [6.07, 6.45) is 2.64. The molecule has 1 aliphatic rings. The van der Waals surface area contributed by atoms with Gasteiger partial charge in [-0.15, -0.1) is 0 Å². The first kappa shape index (κ1) is 16.0. The molecular formula is C20H22N4O. The van der Waals surface area contributed by atoms with E-state index >= 15 is 0 Å². The summed E-state index contributed by atoms with van der Waals surface area (Å²) in [4.78, 5) is 27.0. The Morgan fingerprint density at radius 3 is 2.92 bits per heavy atom. The molecule has 0 spiro atoms. The minimum atomic E-state index is 0.0182. The van der Waals surface area contributed by atoms with E-state index in [0.29, 0.717) is 6.54 Å². The fraction of sp³-hybridized carbons (Fsp3) is 0.350. The van der Waals surface area contributed by atoms with Crippen LogP contribution in [0.25, 0.3) is 10.9 Å². The largest absolute Gasteiger partial charge is 0.310 e. The third kappa shape index (κ3) is 3.33. The molecule has 0 fully saturated rings. The number of benzene rings is 1. The highest BCUT2D eigenvalue weighted by Crippen LogP contribution is 2.18. The van der Waals surface area contributed by atoms with E-state index in [2.05, 4.69) is 40.0 Å². The molecule has 5 nitrogen and oxygen atoms in total. The summed E-state index contributed by atoms with van der Waals surface area (Å²) in [5.74, 6) is 0.816. The highest BCUT2D eigenvalue weighted by molar-refractivity contribution is 5.78. The number of pyridine rings is 1. The van der Waals surface area contributed by atoms with E-state index in [4.69, 9.17) is 4.98 Å². The lowest BCUT2D eigenvalue weighted by atomic mass is 10.1. The van der Waals surface area contributed by atoms with Crippen molar-refractivity contribution in [2.75, 3.05) is 6.54 Å². The van der Waals surface area contributed by atoms with E-state index in [-0.39, 0.29) is 5.56 Å². The molecule has 25 heavy (non-hydrogen) atoms. The fourth-order valence-corrected chi connectivity index (χ4v) is 3.45. The average molecular weight is 334 g/mol. The van der Waals surface area contributed by atoms with Gasteiger partial charge in [0, 0.05) is 37.9 Å². The van der Waals surface area contributed by atoms with E-state index in [9.17, 15) is 4.79 Å². The molecule has 128 valence electrons. The number of aryl methyl sites for hydroxylation is 1. The molecular weight excluding hydrogens is 312 g/mol. The maximum Gasteiger partial charge on any atom is 0.255 e. The van der Waals surface area contributed by atoms with Gasteiger partial charge in [-0.1, -0.05) is 31.2 Å². The van der Waals surface area contributed by atoms with Crippen molar-refractivity contribution in [3.63, 3.8) is 0 Å². The number of aromatic nitrogens is 3. The second-order valence-corrected chi connectivity index (χ2v) is 6.64. The molecule has 0 saturated heterocycles. The van der Waals surface area contributed by atoms with Crippen LogP contribution in [0.5, 0.6) is 0 Å². The second-order valence-electron chi connectivity index (χ2n) is 6.64. The van der Waals surface area contributed by atoms with E-state index < -0.39 is 0 Å². The van der Waals surface area contributed by atoms with Crippen LogP contribution in [0, 0.1) is 0 Å². The van der Waals surface area contributed by atoms with Crippen molar-refractivity contribution in [1.82, 2.24) is 19.9 Å². The molecule has 3 aromatic rings. The zero-order valence-electron chi connectivity index (χ0n) is 14.5. The first-order chi connectivity index (χ1) is 12.2. The Balaban J connectivity index is 1.54. The molecule has 0 saturated carbocycles. The van der Waals surface area contributed by atoms with Gasteiger partial charge in [0.1, 0.15) is 5.82 Å². The Morgan fingerprint density at radius 2 is 2.04 bits per heavy atom. The Bertz CT molecular complexity index is 963. The van der Waals surface area contributed by atoms with Crippen molar-refractivity contribution in [1.29, 1.82) is 0 Å². The van der Waals surface area contributed by atoms with Gasteiger partial charge in [0.2, 0.25) is 0 Å². The standard InChI is InChI=1S/C20H22N4O/c1-2-5-19-22-18-10-11-24(13-16(18)20(25)23-19)12-15-9-8-14-6-3-4-7-17(14)21-15/h3-4,6-9H,2,5,10-13H2,1H3,(H,22,23,25). The predicted molar refractivity (Wildman–Crippen MR) is 98.4 cm³/mol. The van der Waals surface area contributed by atoms with Gasteiger partial charge in [0.05, 0.1) is 22.5 Å². The van der Waals surface area contributed by atoms with Crippen molar-refractivity contribution in [2.45, 2.75) is 39.3 Å². The van der Waals surface area contributed by atoms with Gasteiger partial charge < -0.3 is 4.98 Å². The van der Waals surface area contributed by atoms with Crippen molar-refractivity contribution in [3.05, 3.63) is 69.5 Å². The van der Waals surface area contributed by atoms with Crippen molar-refractivity contribution in [2.24, 2.45) is 0 Å². The zero-order chi connectivity index (χ0) is 17.2. The quantitative estimate of drug-likeness (QED) is 0.797. The van der Waals surface area contributed by atoms with Crippen LogP contribution in [0.3, 0.4) is 0 Å². The molecule has 0 amide bonds. The van der Waals surface area contributed by atoms with E-state index in [1.54, 1.807) is 0 Å². The predicted octanol–water partition coefficient (Wildman–Crippen LogP) is 2.83. The molecule has 0 radical (unpaired) electrons. The molecule has 0 unspecified atom stereocenters. The topological polar surface area (TPSA) is 61.9 Å². The number of nitrogens with one attached hydrogen (secondary N) is 1. The minimum absolute atomic E-state index is 0.0182. The summed E-state index contributed by atoms with van der Waals surface area (Å²) in [5.41, 5.74) is 3.85. The van der Waals surface area contributed by atoms with Crippen LogP contribution in [0.2, 0.25) is 0 Å². The maximum absolute atomic E-state index is 12.4. The van der Waals surface area contributed by atoms with Gasteiger partial charge in [0.25, 0.3) is 5.56 Å². The maximum atomic E-state index is 12.4. The first-order valence-corrected chi connectivity index (χ1v) is 8.91. The van der Waals surface area contributed by atoms with Crippen LogP contribution >= 0.6 is 0 Å². The smallest absolute Gasteiger partial charge is 0.255 e. The van der Waals surface area contributed by atoms with Crippen LogP contribution in [0.15, 0.2) is 41.2 Å². The normalized spacial score (nSPS) is 14.6. The van der Waals surface area contributed by atoms with E-state index in [1.807, 2.05) is 18.2 Å². The number of H-pyrrole nitrogens is 1. The molecule has 0 aliphatic carbocycles. The summed E-state index contributed by atoms with van der Waals surface area (Å²) in [6.45, 7) is 4.39. The van der Waals surface area contributed by atoms with Gasteiger partial charge in [-0.25, -0.2) is 4.98 Å². The third-order valence-electron chi connectivity index (χ3n) is 4.73. The Hall–Kier alpha value is -2.53. The van der Waals surface area contributed by atoms with Gasteiger partial charge in [-0.05, 0) is 18.6 Å². The van der Waals surface area contributed by atoms with Crippen molar-refractivity contribution >= 4 is 10.9 Å². The van der Waals surface area contributed by atoms with E-state index in [0.717, 1.165) is 66.0 Å². The number of fused-ring (bicyclic) bond motifs is 2. The monoisotopic (exact) mass is 334 g/mol. The Labute approximate surface area is 146 Å². The van der Waals surface area contributed by atoms with Crippen LogP contribution in [0.1, 0.15) is 36.1 Å². The summed E-state index contributed by atoms with van der Waals surface area (Å²) in [7, 11) is 0. The van der Waals surface area contributed by atoms with E-state index in [1.165, 1.54) is 0 Å². The molecule has 1 aliphatic heterocycles. The van der Waals surface area contributed by atoms with Crippen LogP contribution in [-0.2, 0) is 25.9 Å². The summed E-state index contributed by atoms with van der Waals surface area (Å²) < 4.78 is 0. The van der Waals surface area contributed by atoms with Crippen LogP contribution < -0.4 is 5.56 Å². The number of nitrogens with zero attached hydrogens (tertiary/aromatic N) is 3. The second kappa shape index (κ2) is 6.76. The average Bonchev–Trinajstić information content (AvgIpc) is 2.62. The van der Waals surface area contributed by atoms with Gasteiger partial charge in [-0.3, -0.25) is 14.7 Å². The number of hydrogen-bond acceptors (Lipinski definition) is 4. The molecule has 1 aromatic carbocycles. The first-order valence-electron chi connectivity index (χ1n) is 8.91.